The summed E-state index contributed by atoms with van der Waals surface area (Å²) in [5.41, 5.74) is 2.06. The van der Waals surface area contributed by atoms with Crippen LogP contribution in [-0.2, 0) is 0 Å². The molecule has 1 atom stereocenters. The van der Waals surface area contributed by atoms with Gasteiger partial charge in [-0.05, 0) is 30.5 Å². The lowest BCUT2D eigenvalue weighted by Crippen LogP contribution is -2.12. The summed E-state index contributed by atoms with van der Waals surface area (Å²) in [6, 6.07) is 8.39. The number of hydrogen-bond donors (Lipinski definition) is 0. The van der Waals surface area contributed by atoms with Crippen LogP contribution >= 0.6 is 0 Å². The Morgan fingerprint density at radius 2 is 2.13 bits per heavy atom. The highest BCUT2D eigenvalue weighted by Crippen LogP contribution is 2.22. The van der Waals surface area contributed by atoms with E-state index in [1.807, 2.05) is 23.1 Å². The molecule has 0 saturated carbocycles. The highest BCUT2D eigenvalue weighted by atomic mass is 16.2. The molecule has 0 aromatic heterocycles. The van der Waals surface area contributed by atoms with Crippen LogP contribution in [0.2, 0.25) is 0 Å². The van der Waals surface area contributed by atoms with E-state index in [4.69, 9.17) is 0 Å². The summed E-state index contributed by atoms with van der Waals surface area (Å²) < 4.78 is 0. The maximum Gasteiger partial charge on any atom is 0.254 e. The van der Waals surface area contributed by atoms with Gasteiger partial charge in [-0.2, -0.15) is 0 Å². The van der Waals surface area contributed by atoms with Crippen LogP contribution in [0.3, 0.4) is 0 Å². The van der Waals surface area contributed by atoms with Crippen molar-refractivity contribution in [1.82, 2.24) is 4.90 Å². The zero-order valence-corrected chi connectivity index (χ0v) is 9.53. The molecule has 80 valence electrons. The molecule has 1 aromatic carbocycles. The molecule has 0 unspecified atom stereocenters. The Morgan fingerprint density at radius 3 is 2.67 bits per heavy atom. The van der Waals surface area contributed by atoms with Crippen LogP contribution in [0.4, 0.5) is 0 Å². The Morgan fingerprint density at radius 1 is 1.47 bits per heavy atom. The van der Waals surface area contributed by atoms with E-state index in [2.05, 4.69) is 26.8 Å². The summed E-state index contributed by atoms with van der Waals surface area (Å²) in [4.78, 5) is 13.8. The molecule has 1 fully saturated rings. The lowest BCUT2D eigenvalue weighted by molar-refractivity contribution is 0.0876. The van der Waals surface area contributed by atoms with Crippen LogP contribution in [0.25, 0.3) is 0 Å². The van der Waals surface area contributed by atoms with Crippen molar-refractivity contribution in [2.75, 3.05) is 6.54 Å². The lowest BCUT2D eigenvalue weighted by atomic mass is 10.0. The van der Waals surface area contributed by atoms with Gasteiger partial charge in [0, 0.05) is 18.2 Å². The average molecular weight is 203 g/mol. The Hall–Kier alpha value is -1.31. The maximum atomic E-state index is 11.9. The zero-order valence-electron chi connectivity index (χ0n) is 9.53. The summed E-state index contributed by atoms with van der Waals surface area (Å²) in [5.74, 6) is 0.648. The molecule has 0 bridgehead atoms. The Kier molecular flexibility index (Phi) is 2.51. The van der Waals surface area contributed by atoms with Crippen molar-refractivity contribution in [3.8, 4) is 0 Å². The van der Waals surface area contributed by atoms with Crippen molar-refractivity contribution in [1.29, 1.82) is 0 Å². The minimum atomic E-state index is 0.171. The van der Waals surface area contributed by atoms with Crippen LogP contribution < -0.4 is 0 Å². The van der Waals surface area contributed by atoms with Gasteiger partial charge >= 0.3 is 0 Å². The average Bonchev–Trinajstić information content (AvgIpc) is 2.94. The number of benzene rings is 1. The van der Waals surface area contributed by atoms with Gasteiger partial charge < -0.3 is 4.90 Å². The molecule has 0 radical (unpaired) electrons. The van der Waals surface area contributed by atoms with E-state index in [0.29, 0.717) is 12.0 Å². The van der Waals surface area contributed by atoms with Gasteiger partial charge in [-0.25, -0.2) is 0 Å². The summed E-state index contributed by atoms with van der Waals surface area (Å²) in [6.45, 7) is 7.27. The summed E-state index contributed by atoms with van der Waals surface area (Å²) in [6.07, 6.45) is 0. The monoisotopic (exact) mass is 203 g/mol. The fraction of sp³-hybridized carbons (Fsp3) is 0.462. The van der Waals surface area contributed by atoms with Gasteiger partial charge in [-0.1, -0.05) is 26.0 Å². The van der Waals surface area contributed by atoms with Crippen LogP contribution in [0.5, 0.6) is 0 Å². The van der Waals surface area contributed by atoms with Gasteiger partial charge in [0.15, 0.2) is 0 Å². The van der Waals surface area contributed by atoms with Crippen molar-refractivity contribution in [3.05, 3.63) is 35.4 Å². The highest BCUT2D eigenvalue weighted by molar-refractivity contribution is 5.96. The fourth-order valence-electron chi connectivity index (χ4n) is 1.72. The smallest absolute Gasteiger partial charge is 0.254 e. The number of hydrogen-bond acceptors (Lipinski definition) is 1. The molecule has 2 nitrogen and oxygen atoms in total. The molecule has 1 aliphatic heterocycles. The maximum absolute atomic E-state index is 11.9. The van der Waals surface area contributed by atoms with E-state index in [1.165, 1.54) is 5.56 Å². The molecule has 15 heavy (non-hydrogen) atoms. The van der Waals surface area contributed by atoms with Crippen molar-refractivity contribution >= 4 is 5.91 Å². The zero-order chi connectivity index (χ0) is 11.0. The van der Waals surface area contributed by atoms with Crippen LogP contribution in [0.15, 0.2) is 24.3 Å². The van der Waals surface area contributed by atoms with Crippen LogP contribution in [0.1, 0.15) is 42.6 Å². The molecule has 0 aliphatic carbocycles. The number of amides is 1. The lowest BCUT2D eigenvalue weighted by Gasteiger charge is -2.08. The first-order valence-corrected chi connectivity index (χ1v) is 5.50. The van der Waals surface area contributed by atoms with E-state index in [1.54, 1.807) is 0 Å². The number of carbonyl (C=O) groups excluding carboxylic acids is 1. The minimum absolute atomic E-state index is 0.171. The predicted molar refractivity (Wildman–Crippen MR) is 61.0 cm³/mol. The van der Waals surface area contributed by atoms with Crippen LogP contribution in [-0.4, -0.2) is 23.4 Å². The van der Waals surface area contributed by atoms with Gasteiger partial charge in [-0.3, -0.25) is 4.79 Å². The second-order valence-electron chi connectivity index (χ2n) is 4.59. The van der Waals surface area contributed by atoms with Gasteiger partial charge in [0.25, 0.3) is 5.91 Å². The van der Waals surface area contributed by atoms with Crippen LogP contribution in [0, 0.1) is 0 Å². The SMILES string of the molecule is CC(C)c1cccc(C(=O)N2C[C@@H]2C)c1. The predicted octanol–water partition coefficient (Wildman–Crippen LogP) is 2.65. The topological polar surface area (TPSA) is 20.1 Å². The summed E-state index contributed by atoms with van der Waals surface area (Å²) in [5, 5.41) is 0. The molecule has 1 amide bonds. The standard InChI is InChI=1S/C13H17NO/c1-9(2)11-5-4-6-12(7-11)13(15)14-8-10(14)3/h4-7,9-10H,8H2,1-3H3/t10-,14?/m0/s1. The third-order valence-electron chi connectivity index (χ3n) is 2.92. The van der Waals surface area contributed by atoms with Gasteiger partial charge in [0.05, 0.1) is 0 Å². The second kappa shape index (κ2) is 3.69. The van der Waals surface area contributed by atoms with E-state index >= 15 is 0 Å². The first-order chi connectivity index (χ1) is 7.09. The molecule has 1 heterocycles. The van der Waals surface area contributed by atoms with E-state index in [-0.39, 0.29) is 5.91 Å². The first-order valence-electron chi connectivity index (χ1n) is 5.50. The molecule has 2 heteroatoms. The molecular formula is C13H17NO. The number of nitrogens with zero attached hydrogens (tertiary/aromatic N) is 1. The third-order valence-corrected chi connectivity index (χ3v) is 2.92. The summed E-state index contributed by atoms with van der Waals surface area (Å²) in [7, 11) is 0. The molecule has 1 saturated heterocycles. The van der Waals surface area contributed by atoms with Crippen molar-refractivity contribution in [2.45, 2.75) is 32.7 Å². The quantitative estimate of drug-likeness (QED) is 0.677. The Bertz CT molecular complexity index is 384. The largest absolute Gasteiger partial charge is 0.332 e. The Labute approximate surface area is 90.9 Å². The van der Waals surface area contributed by atoms with Crippen molar-refractivity contribution < 1.29 is 4.79 Å². The Balaban J connectivity index is 2.21. The molecule has 2 rings (SSSR count). The number of rotatable bonds is 2. The van der Waals surface area contributed by atoms with E-state index < -0.39 is 0 Å². The van der Waals surface area contributed by atoms with Gasteiger partial charge in [0.2, 0.25) is 0 Å². The van der Waals surface area contributed by atoms with Crippen molar-refractivity contribution in [3.63, 3.8) is 0 Å². The van der Waals surface area contributed by atoms with E-state index in [0.717, 1.165) is 12.1 Å². The molecule has 0 N–H and O–H groups in total. The fourth-order valence-corrected chi connectivity index (χ4v) is 1.72. The second-order valence-corrected chi connectivity index (χ2v) is 4.59. The minimum Gasteiger partial charge on any atom is -0.332 e. The molecule has 1 aromatic rings. The highest BCUT2D eigenvalue weighted by Gasteiger charge is 2.34. The summed E-state index contributed by atoms with van der Waals surface area (Å²) >= 11 is 0. The molecule has 0 spiro atoms. The van der Waals surface area contributed by atoms with E-state index in [9.17, 15) is 4.79 Å². The first kappa shape index (κ1) is 10.2. The van der Waals surface area contributed by atoms with Crippen molar-refractivity contribution in [2.24, 2.45) is 0 Å². The van der Waals surface area contributed by atoms with Gasteiger partial charge in [-0.15, -0.1) is 0 Å². The van der Waals surface area contributed by atoms with Gasteiger partial charge in [0.1, 0.15) is 0 Å². The number of carbonyl (C=O) groups is 1. The molecule has 1 aliphatic rings. The molecular weight excluding hydrogens is 186 g/mol. The normalized spacial score (nSPS) is 19.5. The third kappa shape index (κ3) is 2.04.